The maximum atomic E-state index is 13.1. The Kier molecular flexibility index (Phi) is 7.19. The lowest BCUT2D eigenvalue weighted by Crippen LogP contribution is -2.45. The number of anilines is 1. The van der Waals surface area contributed by atoms with Gasteiger partial charge < -0.3 is 15.2 Å². The lowest BCUT2D eigenvalue weighted by atomic mass is 10.2. The Balaban J connectivity index is 1.61. The van der Waals surface area contributed by atoms with E-state index in [1.54, 1.807) is 6.92 Å². The van der Waals surface area contributed by atoms with E-state index in [1.165, 1.54) is 62.4 Å². The molecule has 2 aromatic carbocycles. The monoisotopic (exact) mass is 475 g/mol. The van der Waals surface area contributed by atoms with Crippen LogP contribution in [0.15, 0.2) is 57.9 Å². The summed E-state index contributed by atoms with van der Waals surface area (Å²) in [4.78, 5) is 27.7. The topological polar surface area (TPSA) is 143 Å². The summed E-state index contributed by atoms with van der Waals surface area (Å²) in [6, 6.07) is 9.21. The van der Waals surface area contributed by atoms with Gasteiger partial charge in [0, 0.05) is 18.2 Å². The standard InChI is InChI=1S/C21H22FN5O5S/c1-12(27-33(30,31)18-10-8-17(9-11-18)24-14(3)28)20(29)23-13(2)21-25-19(26-32-21)15-4-6-16(22)7-5-15/h4-13,27H,1-3H3,(H,23,29)(H,24,28)/t12-,13?/m0/s1. The van der Waals surface area contributed by atoms with Crippen LogP contribution in [0.5, 0.6) is 0 Å². The number of aromatic nitrogens is 2. The zero-order valence-electron chi connectivity index (χ0n) is 18.0. The Morgan fingerprint density at radius 1 is 1.03 bits per heavy atom. The van der Waals surface area contributed by atoms with Crippen LogP contribution in [-0.4, -0.2) is 36.4 Å². The Hall–Kier alpha value is -3.64. The van der Waals surface area contributed by atoms with E-state index in [0.717, 1.165) is 0 Å². The predicted octanol–water partition coefficient (Wildman–Crippen LogP) is 2.38. The van der Waals surface area contributed by atoms with Gasteiger partial charge in [0.05, 0.1) is 10.9 Å². The average Bonchev–Trinajstić information content (AvgIpc) is 3.24. The van der Waals surface area contributed by atoms with E-state index in [0.29, 0.717) is 11.3 Å². The molecule has 33 heavy (non-hydrogen) atoms. The molecule has 0 saturated carbocycles. The summed E-state index contributed by atoms with van der Waals surface area (Å²) in [5.74, 6) is -0.964. The van der Waals surface area contributed by atoms with E-state index in [-0.39, 0.29) is 22.5 Å². The molecule has 2 amide bonds. The highest BCUT2D eigenvalue weighted by Gasteiger charge is 2.25. The summed E-state index contributed by atoms with van der Waals surface area (Å²) >= 11 is 0. The number of hydrogen-bond donors (Lipinski definition) is 3. The first-order valence-corrected chi connectivity index (χ1v) is 11.3. The van der Waals surface area contributed by atoms with Gasteiger partial charge in [0.1, 0.15) is 11.9 Å². The third kappa shape index (κ3) is 6.20. The Bertz CT molecular complexity index is 1240. The fourth-order valence-electron chi connectivity index (χ4n) is 2.80. The molecule has 0 spiro atoms. The van der Waals surface area contributed by atoms with E-state index in [4.69, 9.17) is 4.52 Å². The average molecular weight is 476 g/mol. The zero-order valence-corrected chi connectivity index (χ0v) is 18.8. The van der Waals surface area contributed by atoms with Crippen LogP contribution in [-0.2, 0) is 19.6 Å². The molecule has 2 atom stereocenters. The van der Waals surface area contributed by atoms with Crippen LogP contribution in [0.3, 0.4) is 0 Å². The van der Waals surface area contributed by atoms with Gasteiger partial charge in [-0.3, -0.25) is 9.59 Å². The molecule has 1 aromatic heterocycles. The second kappa shape index (κ2) is 9.88. The molecule has 1 heterocycles. The van der Waals surface area contributed by atoms with Gasteiger partial charge in [-0.05, 0) is 62.4 Å². The molecule has 3 aromatic rings. The van der Waals surface area contributed by atoms with E-state index >= 15 is 0 Å². The van der Waals surface area contributed by atoms with Crippen molar-refractivity contribution in [3.63, 3.8) is 0 Å². The predicted molar refractivity (Wildman–Crippen MR) is 117 cm³/mol. The van der Waals surface area contributed by atoms with Crippen LogP contribution in [0, 0.1) is 5.82 Å². The third-order valence-corrected chi connectivity index (χ3v) is 6.04. The molecule has 3 rings (SSSR count). The molecule has 3 N–H and O–H groups in total. The Labute approximate surface area is 189 Å². The zero-order chi connectivity index (χ0) is 24.2. The molecule has 1 unspecified atom stereocenters. The molecule has 0 saturated heterocycles. The number of hydrogen-bond acceptors (Lipinski definition) is 7. The fourth-order valence-corrected chi connectivity index (χ4v) is 4.01. The highest BCUT2D eigenvalue weighted by atomic mass is 32.2. The molecule has 0 aliphatic heterocycles. The second-order valence-electron chi connectivity index (χ2n) is 7.24. The number of halogens is 1. The summed E-state index contributed by atoms with van der Waals surface area (Å²) in [6.45, 7) is 4.33. The van der Waals surface area contributed by atoms with Crippen molar-refractivity contribution in [2.24, 2.45) is 0 Å². The van der Waals surface area contributed by atoms with E-state index < -0.39 is 33.8 Å². The number of carbonyl (C=O) groups is 2. The van der Waals surface area contributed by atoms with E-state index in [1.807, 2.05) is 0 Å². The van der Waals surface area contributed by atoms with Gasteiger partial charge in [-0.2, -0.15) is 9.71 Å². The molecule has 0 radical (unpaired) electrons. The largest absolute Gasteiger partial charge is 0.343 e. The van der Waals surface area contributed by atoms with Crippen LogP contribution in [0.2, 0.25) is 0 Å². The summed E-state index contributed by atoms with van der Waals surface area (Å²) in [5.41, 5.74) is 0.983. The number of amides is 2. The summed E-state index contributed by atoms with van der Waals surface area (Å²) < 4.78 is 45.7. The smallest absolute Gasteiger partial charge is 0.249 e. The molecule has 0 aliphatic carbocycles. The summed E-state index contributed by atoms with van der Waals surface area (Å²) in [6.07, 6.45) is 0. The highest BCUT2D eigenvalue weighted by molar-refractivity contribution is 7.89. The molecule has 10 nitrogen and oxygen atoms in total. The van der Waals surface area contributed by atoms with Gasteiger partial charge in [0.25, 0.3) is 0 Å². The van der Waals surface area contributed by atoms with E-state index in [2.05, 4.69) is 25.5 Å². The number of sulfonamides is 1. The van der Waals surface area contributed by atoms with Crippen LogP contribution in [0.1, 0.15) is 32.7 Å². The number of carbonyl (C=O) groups excluding carboxylic acids is 2. The van der Waals surface area contributed by atoms with Crippen molar-refractivity contribution in [3.8, 4) is 11.4 Å². The number of rotatable bonds is 8. The van der Waals surface area contributed by atoms with Crippen molar-refractivity contribution in [1.29, 1.82) is 0 Å². The quantitative estimate of drug-likeness (QED) is 0.454. The lowest BCUT2D eigenvalue weighted by molar-refractivity contribution is -0.123. The van der Waals surface area contributed by atoms with Gasteiger partial charge in [0.2, 0.25) is 33.6 Å². The van der Waals surface area contributed by atoms with Crippen molar-refractivity contribution in [2.75, 3.05) is 5.32 Å². The lowest BCUT2D eigenvalue weighted by Gasteiger charge is -2.16. The van der Waals surface area contributed by atoms with Crippen LogP contribution >= 0.6 is 0 Å². The SMILES string of the molecule is CC(=O)Nc1ccc(S(=O)(=O)N[C@@H](C)C(=O)NC(C)c2nc(-c3ccc(F)cc3)no2)cc1. The van der Waals surface area contributed by atoms with Crippen molar-refractivity contribution < 1.29 is 26.9 Å². The third-order valence-electron chi connectivity index (χ3n) is 4.48. The second-order valence-corrected chi connectivity index (χ2v) is 8.96. The fraction of sp³-hybridized carbons (Fsp3) is 0.238. The van der Waals surface area contributed by atoms with Gasteiger partial charge >= 0.3 is 0 Å². The van der Waals surface area contributed by atoms with E-state index in [9.17, 15) is 22.4 Å². The van der Waals surface area contributed by atoms with Crippen molar-refractivity contribution >= 4 is 27.5 Å². The Morgan fingerprint density at radius 3 is 2.27 bits per heavy atom. The van der Waals surface area contributed by atoms with Gasteiger partial charge in [-0.25, -0.2) is 12.8 Å². The number of nitrogens with one attached hydrogen (secondary N) is 3. The number of benzene rings is 2. The van der Waals surface area contributed by atoms with Crippen LogP contribution < -0.4 is 15.4 Å². The minimum Gasteiger partial charge on any atom is -0.343 e. The first kappa shape index (κ1) is 24.0. The molecule has 174 valence electrons. The molecule has 0 aliphatic rings. The van der Waals surface area contributed by atoms with Crippen molar-refractivity contribution in [3.05, 3.63) is 60.2 Å². The first-order chi connectivity index (χ1) is 15.5. The van der Waals surface area contributed by atoms with Gasteiger partial charge in [-0.15, -0.1) is 0 Å². The minimum atomic E-state index is -3.99. The Morgan fingerprint density at radius 2 is 1.67 bits per heavy atom. The summed E-state index contributed by atoms with van der Waals surface area (Å²) in [5, 5.41) is 8.96. The van der Waals surface area contributed by atoms with Crippen molar-refractivity contribution in [1.82, 2.24) is 20.2 Å². The first-order valence-electron chi connectivity index (χ1n) is 9.85. The number of nitrogens with zero attached hydrogens (tertiary/aromatic N) is 2. The van der Waals surface area contributed by atoms with Crippen molar-refractivity contribution in [2.45, 2.75) is 37.8 Å². The molecule has 12 heteroatoms. The summed E-state index contributed by atoms with van der Waals surface area (Å²) in [7, 11) is -3.99. The van der Waals surface area contributed by atoms with Crippen LogP contribution in [0.4, 0.5) is 10.1 Å². The normalized spacial score (nSPS) is 13.2. The van der Waals surface area contributed by atoms with Gasteiger partial charge in [0.15, 0.2) is 0 Å². The van der Waals surface area contributed by atoms with Crippen LogP contribution in [0.25, 0.3) is 11.4 Å². The molecular formula is C21H22FN5O5S. The van der Waals surface area contributed by atoms with Gasteiger partial charge in [-0.1, -0.05) is 5.16 Å². The minimum absolute atomic E-state index is 0.0647. The molecule has 0 bridgehead atoms. The highest BCUT2D eigenvalue weighted by Crippen LogP contribution is 2.19. The maximum absolute atomic E-state index is 13.1. The molecule has 0 fully saturated rings. The maximum Gasteiger partial charge on any atom is 0.249 e. The molecular weight excluding hydrogens is 453 g/mol.